The molecule has 3 rings (SSSR count). The summed E-state index contributed by atoms with van der Waals surface area (Å²) in [7, 11) is 1.49. The Kier molecular flexibility index (Phi) is 7.93. The van der Waals surface area contributed by atoms with Crippen LogP contribution in [0.3, 0.4) is 0 Å². The maximum atomic E-state index is 11.1. The highest BCUT2D eigenvalue weighted by Gasteiger charge is 2.15. The number of allylic oxidation sites excluding steroid dienone is 2. The van der Waals surface area contributed by atoms with E-state index in [0.29, 0.717) is 29.0 Å². The Morgan fingerprint density at radius 3 is 2.37 bits per heavy atom. The molecule has 0 heterocycles. The van der Waals surface area contributed by atoms with Crippen molar-refractivity contribution in [1.29, 1.82) is 5.26 Å². The first kappa shape index (κ1) is 24.7. The van der Waals surface area contributed by atoms with Crippen LogP contribution in [0.4, 0.5) is 11.4 Å². The number of non-ortho nitro benzene ring substituents is 2. The van der Waals surface area contributed by atoms with E-state index >= 15 is 0 Å². The van der Waals surface area contributed by atoms with Gasteiger partial charge >= 0.3 is 0 Å². The summed E-state index contributed by atoms with van der Waals surface area (Å²) < 4.78 is 11.5. The van der Waals surface area contributed by atoms with Crippen LogP contribution in [0.1, 0.15) is 22.3 Å². The monoisotopic (exact) mass is 471 g/mol. The minimum Gasteiger partial charge on any atom is -0.493 e. The van der Waals surface area contributed by atoms with Gasteiger partial charge in [0.15, 0.2) is 11.5 Å². The Hall–Kier alpha value is -4.97. The number of nitrogens with zero attached hydrogens (tertiary/aromatic N) is 3. The number of hydrogen-bond acceptors (Lipinski definition) is 7. The number of nitro groups is 2. The quantitative estimate of drug-likeness (QED) is 0.119. The van der Waals surface area contributed by atoms with Crippen LogP contribution in [0, 0.1) is 31.6 Å². The Bertz CT molecular complexity index is 1340. The van der Waals surface area contributed by atoms with Gasteiger partial charge in [-0.2, -0.15) is 5.26 Å². The summed E-state index contributed by atoms with van der Waals surface area (Å²) in [6, 6.07) is 17.5. The molecule has 0 N–H and O–H groups in total. The van der Waals surface area contributed by atoms with Gasteiger partial charge in [-0.05, 0) is 53.5 Å². The number of nitriles is 1. The van der Waals surface area contributed by atoms with Crippen LogP contribution in [-0.2, 0) is 13.0 Å². The Morgan fingerprint density at radius 1 is 1.06 bits per heavy atom. The van der Waals surface area contributed by atoms with Gasteiger partial charge in [-0.15, -0.1) is 6.58 Å². The minimum atomic E-state index is -0.513. The standard InChI is InChI=1S/C26H21N3O6/c1-3-5-21-12-19(13-22(16-27)20-6-4-7-24(15-20)29(32)33)14-25(34-2)26(21)35-17-18-8-10-23(11-9-18)28(30)31/h3-4,6-15H,1,5,17H2,2H3. The smallest absolute Gasteiger partial charge is 0.270 e. The van der Waals surface area contributed by atoms with Gasteiger partial charge in [0.2, 0.25) is 0 Å². The van der Waals surface area contributed by atoms with Crippen molar-refractivity contribution in [1.82, 2.24) is 0 Å². The van der Waals surface area contributed by atoms with Crippen molar-refractivity contribution in [2.75, 3.05) is 7.11 Å². The topological polar surface area (TPSA) is 129 Å². The Labute approximate surface area is 201 Å². The molecule has 0 aliphatic rings. The predicted molar refractivity (Wildman–Crippen MR) is 131 cm³/mol. The normalized spacial score (nSPS) is 10.8. The molecule has 0 saturated heterocycles. The summed E-state index contributed by atoms with van der Waals surface area (Å²) in [5, 5.41) is 31.6. The van der Waals surface area contributed by atoms with Crippen molar-refractivity contribution < 1.29 is 19.3 Å². The number of benzene rings is 3. The van der Waals surface area contributed by atoms with Gasteiger partial charge in [-0.25, -0.2) is 0 Å². The summed E-state index contributed by atoms with van der Waals surface area (Å²) in [5.74, 6) is 0.908. The van der Waals surface area contributed by atoms with Crippen LogP contribution in [0.25, 0.3) is 11.6 Å². The fourth-order valence-corrected chi connectivity index (χ4v) is 3.39. The molecule has 0 spiro atoms. The fourth-order valence-electron chi connectivity index (χ4n) is 3.39. The lowest BCUT2D eigenvalue weighted by Crippen LogP contribution is -2.02. The zero-order chi connectivity index (χ0) is 25.4. The molecule has 0 unspecified atom stereocenters. The third-order valence-corrected chi connectivity index (χ3v) is 5.07. The van der Waals surface area contributed by atoms with E-state index in [2.05, 4.69) is 12.6 Å². The number of hydrogen-bond donors (Lipinski definition) is 0. The van der Waals surface area contributed by atoms with Crippen molar-refractivity contribution in [2.24, 2.45) is 0 Å². The molecule has 0 fully saturated rings. The SMILES string of the molecule is C=CCc1cc(C=C(C#N)c2cccc([N+](=O)[O-])c2)cc(OC)c1OCc1ccc([N+](=O)[O-])cc1. The molecule has 0 saturated carbocycles. The van der Waals surface area contributed by atoms with Gasteiger partial charge in [0.25, 0.3) is 11.4 Å². The van der Waals surface area contributed by atoms with Crippen molar-refractivity contribution in [3.05, 3.63) is 116 Å². The zero-order valence-electron chi connectivity index (χ0n) is 18.8. The van der Waals surface area contributed by atoms with Gasteiger partial charge in [0.1, 0.15) is 6.61 Å². The van der Waals surface area contributed by atoms with Gasteiger partial charge < -0.3 is 9.47 Å². The van der Waals surface area contributed by atoms with E-state index in [9.17, 15) is 25.5 Å². The predicted octanol–water partition coefficient (Wildman–Crippen LogP) is 5.88. The molecule has 9 heteroatoms. The van der Waals surface area contributed by atoms with E-state index in [4.69, 9.17) is 9.47 Å². The van der Waals surface area contributed by atoms with E-state index in [-0.39, 0.29) is 23.6 Å². The highest BCUT2D eigenvalue weighted by Crippen LogP contribution is 2.35. The second-order valence-corrected chi connectivity index (χ2v) is 7.39. The second kappa shape index (κ2) is 11.2. The molecule has 0 amide bonds. The van der Waals surface area contributed by atoms with E-state index in [1.807, 2.05) is 6.07 Å². The summed E-state index contributed by atoms with van der Waals surface area (Å²) in [6.07, 6.45) is 3.77. The molecule has 9 nitrogen and oxygen atoms in total. The Morgan fingerprint density at radius 2 is 1.77 bits per heavy atom. The van der Waals surface area contributed by atoms with Crippen molar-refractivity contribution in [2.45, 2.75) is 13.0 Å². The number of rotatable bonds is 10. The average Bonchev–Trinajstić information content (AvgIpc) is 2.86. The lowest BCUT2D eigenvalue weighted by Gasteiger charge is -2.16. The number of ether oxygens (including phenoxy) is 2. The van der Waals surface area contributed by atoms with Crippen molar-refractivity contribution in [3.8, 4) is 17.6 Å². The first-order valence-corrected chi connectivity index (χ1v) is 10.4. The Balaban J connectivity index is 1.96. The van der Waals surface area contributed by atoms with Crippen molar-refractivity contribution in [3.63, 3.8) is 0 Å². The molecule has 3 aromatic carbocycles. The van der Waals surface area contributed by atoms with E-state index in [1.165, 1.54) is 37.4 Å². The maximum absolute atomic E-state index is 11.1. The molecule has 0 aliphatic carbocycles. The molecule has 0 atom stereocenters. The van der Waals surface area contributed by atoms with Crippen LogP contribution in [0.5, 0.6) is 11.5 Å². The zero-order valence-corrected chi connectivity index (χ0v) is 18.8. The molecular formula is C26H21N3O6. The fraction of sp³-hybridized carbons (Fsp3) is 0.115. The van der Waals surface area contributed by atoms with Crippen LogP contribution >= 0.6 is 0 Å². The van der Waals surface area contributed by atoms with E-state index in [0.717, 1.165) is 11.1 Å². The highest BCUT2D eigenvalue weighted by atomic mass is 16.6. The van der Waals surface area contributed by atoms with Gasteiger partial charge in [0.05, 0.1) is 28.6 Å². The largest absolute Gasteiger partial charge is 0.493 e. The third-order valence-electron chi connectivity index (χ3n) is 5.07. The highest BCUT2D eigenvalue weighted by molar-refractivity contribution is 5.90. The van der Waals surface area contributed by atoms with Crippen LogP contribution in [-0.4, -0.2) is 17.0 Å². The third kappa shape index (κ3) is 6.09. The molecule has 0 aliphatic heterocycles. The summed E-state index contributed by atoms with van der Waals surface area (Å²) in [4.78, 5) is 21.0. The van der Waals surface area contributed by atoms with Crippen molar-refractivity contribution >= 4 is 23.0 Å². The maximum Gasteiger partial charge on any atom is 0.270 e. The second-order valence-electron chi connectivity index (χ2n) is 7.39. The van der Waals surface area contributed by atoms with Crippen LogP contribution in [0.2, 0.25) is 0 Å². The minimum absolute atomic E-state index is 0.00753. The molecule has 0 bridgehead atoms. The molecular weight excluding hydrogens is 450 g/mol. The summed E-state index contributed by atoms with van der Waals surface area (Å²) in [5.41, 5.74) is 2.69. The van der Waals surface area contributed by atoms with Crippen LogP contribution < -0.4 is 9.47 Å². The number of methoxy groups -OCH3 is 1. The average molecular weight is 471 g/mol. The molecule has 35 heavy (non-hydrogen) atoms. The molecule has 0 aromatic heterocycles. The summed E-state index contributed by atoms with van der Waals surface area (Å²) in [6.45, 7) is 3.94. The van der Waals surface area contributed by atoms with E-state index < -0.39 is 9.85 Å². The molecule has 0 radical (unpaired) electrons. The first-order chi connectivity index (χ1) is 16.9. The molecule has 3 aromatic rings. The van der Waals surface area contributed by atoms with Gasteiger partial charge in [-0.1, -0.05) is 18.2 Å². The molecule has 176 valence electrons. The lowest BCUT2D eigenvalue weighted by molar-refractivity contribution is -0.385. The van der Waals surface area contributed by atoms with Gasteiger partial charge in [-0.3, -0.25) is 20.2 Å². The van der Waals surface area contributed by atoms with Gasteiger partial charge in [0, 0.05) is 29.8 Å². The lowest BCUT2D eigenvalue weighted by atomic mass is 10.0. The van der Waals surface area contributed by atoms with Crippen LogP contribution in [0.15, 0.2) is 73.3 Å². The van der Waals surface area contributed by atoms with E-state index in [1.54, 1.807) is 36.4 Å². The first-order valence-electron chi connectivity index (χ1n) is 10.4. The number of nitro benzene ring substituents is 2. The summed E-state index contributed by atoms with van der Waals surface area (Å²) >= 11 is 0.